The maximum atomic E-state index is 13.2. The number of benzene rings is 1. The van der Waals surface area contributed by atoms with E-state index in [0.717, 1.165) is 10.4 Å². The third kappa shape index (κ3) is 3.27. The highest BCUT2D eigenvalue weighted by Gasteiger charge is 2.39. The molecule has 2 amide bonds. The van der Waals surface area contributed by atoms with Crippen molar-refractivity contribution in [1.82, 2.24) is 9.88 Å². The molecule has 6 nitrogen and oxygen atoms in total. The van der Waals surface area contributed by atoms with E-state index in [4.69, 9.17) is 4.74 Å². The van der Waals surface area contributed by atoms with Crippen LogP contribution in [-0.4, -0.2) is 28.8 Å². The number of hydrogen-bond acceptors (Lipinski definition) is 6. The van der Waals surface area contributed by atoms with Crippen LogP contribution in [0.15, 0.2) is 72.0 Å². The first-order chi connectivity index (χ1) is 13.7. The van der Waals surface area contributed by atoms with Gasteiger partial charge in [0.15, 0.2) is 0 Å². The quantitative estimate of drug-likeness (QED) is 0.651. The fourth-order valence-corrected chi connectivity index (χ4v) is 3.81. The minimum Gasteiger partial charge on any atom is -0.495 e. The lowest BCUT2D eigenvalue weighted by Crippen LogP contribution is -2.32. The van der Waals surface area contributed by atoms with Gasteiger partial charge in [0, 0.05) is 17.3 Å². The van der Waals surface area contributed by atoms with Crippen LogP contribution in [0.25, 0.3) is 5.57 Å². The Morgan fingerprint density at radius 3 is 2.54 bits per heavy atom. The van der Waals surface area contributed by atoms with Gasteiger partial charge in [0.1, 0.15) is 11.4 Å². The van der Waals surface area contributed by atoms with Crippen molar-refractivity contribution >= 4 is 34.4 Å². The Morgan fingerprint density at radius 1 is 1.04 bits per heavy atom. The minimum absolute atomic E-state index is 0.187. The molecule has 3 aromatic rings. The second kappa shape index (κ2) is 7.66. The molecule has 3 heterocycles. The number of thiophene rings is 1. The van der Waals surface area contributed by atoms with Crippen LogP contribution in [0.4, 0.5) is 5.69 Å². The predicted octanol–water partition coefficient (Wildman–Crippen LogP) is 3.54. The molecule has 0 spiro atoms. The first-order valence-corrected chi connectivity index (χ1v) is 9.50. The molecule has 1 N–H and O–H groups in total. The van der Waals surface area contributed by atoms with Gasteiger partial charge in [0.05, 0.1) is 24.9 Å². The van der Waals surface area contributed by atoms with Gasteiger partial charge in [-0.25, -0.2) is 0 Å². The number of nitrogens with zero attached hydrogens (tertiary/aromatic N) is 2. The maximum absolute atomic E-state index is 13.2. The maximum Gasteiger partial charge on any atom is 0.278 e. The van der Waals surface area contributed by atoms with Crippen molar-refractivity contribution in [2.45, 2.75) is 6.54 Å². The highest BCUT2D eigenvalue weighted by Crippen LogP contribution is 2.35. The molecule has 4 rings (SSSR count). The van der Waals surface area contributed by atoms with E-state index in [1.165, 1.54) is 16.2 Å². The molecule has 140 valence electrons. The molecule has 0 saturated carbocycles. The summed E-state index contributed by atoms with van der Waals surface area (Å²) in [6.07, 6.45) is 3.28. The topological polar surface area (TPSA) is 71.5 Å². The molecule has 0 radical (unpaired) electrons. The van der Waals surface area contributed by atoms with E-state index in [1.807, 2.05) is 29.6 Å². The molecule has 0 bridgehead atoms. The van der Waals surface area contributed by atoms with Gasteiger partial charge in [-0.3, -0.25) is 19.5 Å². The number of carbonyl (C=O) groups excluding carboxylic acids is 2. The average Bonchev–Trinajstić information content (AvgIpc) is 3.32. The SMILES string of the molecule is COc1ccccc1NC1=C(c2cccs2)C(=O)N(Cc2ccncc2)C1=O. The Morgan fingerprint density at radius 2 is 1.82 bits per heavy atom. The van der Waals surface area contributed by atoms with Crippen LogP contribution in [0.5, 0.6) is 5.75 Å². The van der Waals surface area contributed by atoms with Crippen molar-refractivity contribution in [3.05, 3.63) is 82.4 Å². The van der Waals surface area contributed by atoms with Crippen LogP contribution in [0.2, 0.25) is 0 Å². The van der Waals surface area contributed by atoms with E-state index in [2.05, 4.69) is 10.3 Å². The van der Waals surface area contributed by atoms with Gasteiger partial charge in [0.2, 0.25) is 0 Å². The summed E-state index contributed by atoms with van der Waals surface area (Å²) in [5.41, 5.74) is 2.09. The van der Waals surface area contributed by atoms with Gasteiger partial charge in [0.25, 0.3) is 11.8 Å². The standard InChI is InChI=1S/C21H17N3O3S/c1-27-16-6-3-2-5-15(16)23-19-18(17-7-4-12-28-17)20(25)24(21(19)26)13-14-8-10-22-11-9-14/h2-12,23H,13H2,1H3. The number of aromatic nitrogens is 1. The third-order valence-corrected chi connectivity index (χ3v) is 5.28. The lowest BCUT2D eigenvalue weighted by molar-refractivity contribution is -0.137. The Labute approximate surface area is 166 Å². The Bertz CT molecular complexity index is 1050. The van der Waals surface area contributed by atoms with Crippen molar-refractivity contribution in [2.75, 3.05) is 12.4 Å². The molecular formula is C21H17N3O3S. The summed E-state index contributed by atoms with van der Waals surface area (Å²) in [4.78, 5) is 32.3. The van der Waals surface area contributed by atoms with Gasteiger partial charge in [-0.15, -0.1) is 11.3 Å². The third-order valence-electron chi connectivity index (χ3n) is 4.39. The second-order valence-corrected chi connectivity index (χ2v) is 7.05. The number of methoxy groups -OCH3 is 1. The number of imide groups is 1. The zero-order valence-electron chi connectivity index (χ0n) is 15.1. The van der Waals surface area contributed by atoms with Crippen molar-refractivity contribution in [3.8, 4) is 5.75 Å². The smallest absolute Gasteiger partial charge is 0.278 e. The second-order valence-electron chi connectivity index (χ2n) is 6.10. The Kier molecular flexibility index (Phi) is 4.90. The number of pyridine rings is 1. The molecule has 1 aliphatic heterocycles. The largest absolute Gasteiger partial charge is 0.495 e. The molecule has 1 aliphatic rings. The normalized spacial score (nSPS) is 14.0. The van der Waals surface area contributed by atoms with Gasteiger partial charge in [-0.05, 0) is 41.3 Å². The van der Waals surface area contributed by atoms with Gasteiger partial charge >= 0.3 is 0 Å². The monoisotopic (exact) mass is 391 g/mol. The van der Waals surface area contributed by atoms with Crippen LogP contribution < -0.4 is 10.1 Å². The Balaban J connectivity index is 1.73. The van der Waals surface area contributed by atoms with E-state index in [0.29, 0.717) is 17.0 Å². The van der Waals surface area contributed by atoms with E-state index < -0.39 is 0 Å². The lowest BCUT2D eigenvalue weighted by atomic mass is 10.1. The Hall–Kier alpha value is -3.45. The predicted molar refractivity (Wildman–Crippen MR) is 108 cm³/mol. The number of para-hydroxylation sites is 2. The van der Waals surface area contributed by atoms with Crippen LogP contribution in [-0.2, 0) is 16.1 Å². The molecular weight excluding hydrogens is 374 g/mol. The van der Waals surface area contributed by atoms with Crippen LogP contribution in [0.3, 0.4) is 0 Å². The summed E-state index contributed by atoms with van der Waals surface area (Å²) in [5.74, 6) is -0.0915. The summed E-state index contributed by atoms with van der Waals surface area (Å²) >= 11 is 1.42. The average molecular weight is 391 g/mol. The van der Waals surface area contributed by atoms with Crippen molar-refractivity contribution in [3.63, 3.8) is 0 Å². The van der Waals surface area contributed by atoms with Gasteiger partial charge in [-0.2, -0.15) is 0 Å². The number of amides is 2. The first kappa shape index (κ1) is 17.9. The van der Waals surface area contributed by atoms with E-state index in [-0.39, 0.29) is 24.1 Å². The summed E-state index contributed by atoms with van der Waals surface area (Å²) in [5, 5.41) is 5.01. The minimum atomic E-state index is -0.365. The fourth-order valence-electron chi connectivity index (χ4n) is 3.04. The molecule has 2 aromatic heterocycles. The van der Waals surface area contributed by atoms with E-state index in [1.54, 1.807) is 43.8 Å². The molecule has 0 aliphatic carbocycles. The molecule has 0 fully saturated rings. The molecule has 0 atom stereocenters. The molecule has 7 heteroatoms. The van der Waals surface area contributed by atoms with Crippen LogP contribution in [0, 0.1) is 0 Å². The number of anilines is 1. The molecule has 28 heavy (non-hydrogen) atoms. The number of rotatable bonds is 6. The van der Waals surface area contributed by atoms with Gasteiger partial charge in [-0.1, -0.05) is 18.2 Å². The highest BCUT2D eigenvalue weighted by atomic mass is 32.1. The zero-order valence-corrected chi connectivity index (χ0v) is 15.9. The number of hydrogen-bond donors (Lipinski definition) is 1. The van der Waals surface area contributed by atoms with Crippen molar-refractivity contribution < 1.29 is 14.3 Å². The summed E-state index contributed by atoms with van der Waals surface area (Å²) < 4.78 is 5.37. The first-order valence-electron chi connectivity index (χ1n) is 8.62. The number of nitrogens with one attached hydrogen (secondary N) is 1. The highest BCUT2D eigenvalue weighted by molar-refractivity contribution is 7.11. The molecule has 1 aromatic carbocycles. The fraction of sp³-hybridized carbons (Fsp3) is 0.0952. The van der Waals surface area contributed by atoms with Crippen molar-refractivity contribution in [1.29, 1.82) is 0 Å². The van der Waals surface area contributed by atoms with E-state index >= 15 is 0 Å². The summed E-state index contributed by atoms with van der Waals surface area (Å²) in [6.45, 7) is 0.187. The van der Waals surface area contributed by atoms with E-state index in [9.17, 15) is 9.59 Å². The summed E-state index contributed by atoms with van der Waals surface area (Å²) in [7, 11) is 1.56. The van der Waals surface area contributed by atoms with Gasteiger partial charge < -0.3 is 10.1 Å². The molecule has 0 unspecified atom stereocenters. The number of ether oxygens (including phenoxy) is 1. The number of carbonyl (C=O) groups is 2. The zero-order chi connectivity index (χ0) is 19.5. The lowest BCUT2D eigenvalue weighted by Gasteiger charge is -2.15. The molecule has 0 saturated heterocycles. The van der Waals surface area contributed by atoms with Crippen LogP contribution >= 0.6 is 11.3 Å². The van der Waals surface area contributed by atoms with Crippen LogP contribution in [0.1, 0.15) is 10.4 Å². The summed E-state index contributed by atoms with van der Waals surface area (Å²) in [6, 6.07) is 14.6. The van der Waals surface area contributed by atoms with Crippen molar-refractivity contribution in [2.24, 2.45) is 0 Å².